The van der Waals surface area contributed by atoms with Gasteiger partial charge in [0.25, 0.3) is 5.91 Å². The van der Waals surface area contributed by atoms with Gasteiger partial charge < -0.3 is 9.80 Å². The van der Waals surface area contributed by atoms with Gasteiger partial charge in [-0.2, -0.15) is 0 Å². The van der Waals surface area contributed by atoms with Crippen molar-refractivity contribution in [3.8, 4) is 0 Å². The second-order valence-electron chi connectivity index (χ2n) is 6.45. The summed E-state index contributed by atoms with van der Waals surface area (Å²) in [5.74, 6) is 2.23. The topological polar surface area (TPSA) is 40.6 Å². The smallest absolute Gasteiger partial charge is 0.250 e. The van der Waals surface area contributed by atoms with Crippen LogP contribution in [0.1, 0.15) is 46.5 Å². The first-order chi connectivity index (χ1) is 10.5. The van der Waals surface area contributed by atoms with Crippen molar-refractivity contribution in [3.05, 3.63) is 11.6 Å². The SMILES string of the molecule is CC/C=C(\C)C(=O)N1CSC[C@@H]1C(=O)N1CCC[C@H](C)CC1. The fourth-order valence-corrected chi connectivity index (χ4v) is 4.31. The van der Waals surface area contributed by atoms with E-state index < -0.39 is 0 Å². The molecular formula is C17H28N2O2S. The fraction of sp³-hybridized carbons (Fsp3) is 0.765. The Balaban J connectivity index is 2.04. The Morgan fingerprint density at radius 3 is 2.77 bits per heavy atom. The van der Waals surface area contributed by atoms with Crippen LogP contribution in [-0.4, -0.2) is 52.4 Å². The molecule has 0 aromatic rings. The molecule has 22 heavy (non-hydrogen) atoms. The number of carbonyl (C=O) groups is 2. The third-order valence-corrected chi connectivity index (χ3v) is 5.62. The van der Waals surface area contributed by atoms with E-state index in [0.29, 0.717) is 11.8 Å². The summed E-state index contributed by atoms with van der Waals surface area (Å²) in [4.78, 5) is 29.1. The van der Waals surface area contributed by atoms with E-state index in [0.717, 1.165) is 43.7 Å². The number of hydrogen-bond donors (Lipinski definition) is 0. The summed E-state index contributed by atoms with van der Waals surface area (Å²) < 4.78 is 0. The van der Waals surface area contributed by atoms with E-state index in [1.165, 1.54) is 6.42 Å². The first-order valence-corrected chi connectivity index (χ1v) is 9.54. The van der Waals surface area contributed by atoms with Gasteiger partial charge >= 0.3 is 0 Å². The van der Waals surface area contributed by atoms with Gasteiger partial charge in [0, 0.05) is 24.4 Å². The van der Waals surface area contributed by atoms with Gasteiger partial charge in [-0.1, -0.05) is 19.9 Å². The van der Waals surface area contributed by atoms with Gasteiger partial charge in [-0.05, 0) is 38.5 Å². The van der Waals surface area contributed by atoms with E-state index in [4.69, 9.17) is 0 Å². The molecule has 5 heteroatoms. The van der Waals surface area contributed by atoms with Crippen molar-refractivity contribution in [2.75, 3.05) is 24.7 Å². The molecule has 124 valence electrons. The molecule has 2 heterocycles. The molecule has 0 unspecified atom stereocenters. The van der Waals surface area contributed by atoms with Crippen molar-refractivity contribution in [2.45, 2.75) is 52.5 Å². The minimum Gasteiger partial charge on any atom is -0.341 e. The Kier molecular flexibility index (Phi) is 6.36. The van der Waals surface area contributed by atoms with Crippen LogP contribution in [0.15, 0.2) is 11.6 Å². The lowest BCUT2D eigenvalue weighted by Crippen LogP contribution is -2.49. The molecule has 2 amide bonds. The first-order valence-electron chi connectivity index (χ1n) is 8.38. The molecule has 0 bridgehead atoms. The van der Waals surface area contributed by atoms with Crippen molar-refractivity contribution in [3.63, 3.8) is 0 Å². The number of nitrogens with zero attached hydrogens (tertiary/aromatic N) is 2. The minimum absolute atomic E-state index is 0.0217. The molecule has 2 atom stereocenters. The molecule has 0 saturated carbocycles. The number of carbonyl (C=O) groups excluding carboxylic acids is 2. The molecule has 0 N–H and O–H groups in total. The van der Waals surface area contributed by atoms with Crippen LogP contribution in [0.2, 0.25) is 0 Å². The predicted octanol–water partition coefficient (Wildman–Crippen LogP) is 2.89. The van der Waals surface area contributed by atoms with E-state index in [1.807, 2.05) is 24.8 Å². The summed E-state index contributed by atoms with van der Waals surface area (Å²) in [6, 6.07) is -0.272. The van der Waals surface area contributed by atoms with Crippen molar-refractivity contribution in [2.24, 2.45) is 5.92 Å². The maximum Gasteiger partial charge on any atom is 0.250 e. The molecular weight excluding hydrogens is 296 g/mol. The van der Waals surface area contributed by atoms with Crippen LogP contribution in [-0.2, 0) is 9.59 Å². The average Bonchev–Trinajstić information content (AvgIpc) is 2.88. The molecule has 4 nitrogen and oxygen atoms in total. The third-order valence-electron chi connectivity index (χ3n) is 4.60. The minimum atomic E-state index is -0.272. The second kappa shape index (κ2) is 8.04. The van der Waals surface area contributed by atoms with Crippen LogP contribution < -0.4 is 0 Å². The van der Waals surface area contributed by atoms with E-state index in [1.54, 1.807) is 16.7 Å². The first kappa shape index (κ1) is 17.4. The van der Waals surface area contributed by atoms with Crippen molar-refractivity contribution in [1.29, 1.82) is 0 Å². The highest BCUT2D eigenvalue weighted by atomic mass is 32.2. The van der Waals surface area contributed by atoms with Gasteiger partial charge in [0.2, 0.25) is 5.91 Å². The molecule has 0 aliphatic carbocycles. The van der Waals surface area contributed by atoms with Crippen LogP contribution in [0.25, 0.3) is 0 Å². The normalized spacial score (nSPS) is 27.0. The fourth-order valence-electron chi connectivity index (χ4n) is 3.16. The average molecular weight is 324 g/mol. The van der Waals surface area contributed by atoms with Crippen molar-refractivity contribution < 1.29 is 9.59 Å². The van der Waals surface area contributed by atoms with Crippen LogP contribution in [0, 0.1) is 5.92 Å². The van der Waals surface area contributed by atoms with Crippen molar-refractivity contribution >= 4 is 23.6 Å². The number of rotatable bonds is 3. The van der Waals surface area contributed by atoms with Gasteiger partial charge in [0.1, 0.15) is 6.04 Å². The number of allylic oxidation sites excluding steroid dienone is 1. The summed E-state index contributed by atoms with van der Waals surface area (Å²) >= 11 is 1.68. The lowest BCUT2D eigenvalue weighted by molar-refractivity contribution is -0.141. The lowest BCUT2D eigenvalue weighted by Gasteiger charge is -2.29. The number of thioether (sulfide) groups is 1. The highest BCUT2D eigenvalue weighted by Gasteiger charge is 2.37. The standard InChI is InChI=1S/C17H28N2O2S/c1-4-6-14(3)16(20)19-12-22-11-15(19)17(21)18-9-5-7-13(2)8-10-18/h6,13,15H,4-5,7-12H2,1-3H3/b14-6+/t13-,15+/m0/s1. The van der Waals surface area contributed by atoms with Gasteiger partial charge in [-0.15, -0.1) is 11.8 Å². The van der Waals surface area contributed by atoms with Crippen molar-refractivity contribution in [1.82, 2.24) is 9.80 Å². The van der Waals surface area contributed by atoms with Gasteiger partial charge in [-0.3, -0.25) is 9.59 Å². The summed E-state index contributed by atoms with van der Waals surface area (Å²) in [6.07, 6.45) is 6.15. The Bertz CT molecular complexity index is 450. The Morgan fingerprint density at radius 1 is 1.27 bits per heavy atom. The van der Waals surface area contributed by atoms with Gasteiger partial charge in [-0.25, -0.2) is 0 Å². The van der Waals surface area contributed by atoms with E-state index in [-0.39, 0.29) is 17.9 Å². The summed E-state index contributed by atoms with van der Waals surface area (Å²) in [5, 5.41) is 0. The molecule has 0 radical (unpaired) electrons. The maximum absolute atomic E-state index is 12.9. The zero-order valence-corrected chi connectivity index (χ0v) is 14.8. The van der Waals surface area contributed by atoms with E-state index >= 15 is 0 Å². The van der Waals surface area contributed by atoms with Crippen LogP contribution in [0.3, 0.4) is 0 Å². The Labute approximate surface area is 138 Å². The van der Waals surface area contributed by atoms with E-state index in [2.05, 4.69) is 6.92 Å². The predicted molar refractivity (Wildman–Crippen MR) is 91.6 cm³/mol. The van der Waals surface area contributed by atoms with E-state index in [9.17, 15) is 9.59 Å². The monoisotopic (exact) mass is 324 g/mol. The molecule has 0 aromatic heterocycles. The molecule has 0 spiro atoms. The highest BCUT2D eigenvalue weighted by molar-refractivity contribution is 7.99. The molecule has 2 saturated heterocycles. The second-order valence-corrected chi connectivity index (χ2v) is 7.45. The molecule has 2 rings (SSSR count). The van der Waals surface area contributed by atoms with Crippen LogP contribution in [0.4, 0.5) is 0 Å². The largest absolute Gasteiger partial charge is 0.341 e. The van der Waals surface area contributed by atoms with Gasteiger partial charge in [0.05, 0.1) is 5.88 Å². The number of hydrogen-bond acceptors (Lipinski definition) is 3. The third kappa shape index (κ3) is 4.06. The zero-order chi connectivity index (χ0) is 16.1. The number of amides is 2. The molecule has 2 fully saturated rings. The van der Waals surface area contributed by atoms with Crippen LogP contribution >= 0.6 is 11.8 Å². The summed E-state index contributed by atoms with van der Waals surface area (Å²) in [7, 11) is 0. The summed E-state index contributed by atoms with van der Waals surface area (Å²) in [6.45, 7) is 7.82. The lowest BCUT2D eigenvalue weighted by atomic mass is 10.0. The highest BCUT2D eigenvalue weighted by Crippen LogP contribution is 2.26. The maximum atomic E-state index is 12.9. The molecule has 0 aromatic carbocycles. The van der Waals surface area contributed by atoms with Crippen LogP contribution in [0.5, 0.6) is 0 Å². The summed E-state index contributed by atoms with van der Waals surface area (Å²) in [5.41, 5.74) is 0.757. The Morgan fingerprint density at radius 2 is 2.05 bits per heavy atom. The quantitative estimate of drug-likeness (QED) is 0.750. The molecule has 2 aliphatic rings. The molecule has 2 aliphatic heterocycles. The Hall–Kier alpha value is -0.970. The zero-order valence-electron chi connectivity index (χ0n) is 14.0. The van der Waals surface area contributed by atoms with Gasteiger partial charge in [0.15, 0.2) is 0 Å². The number of likely N-dealkylation sites (tertiary alicyclic amines) is 1.